The monoisotopic (exact) mass is 452 g/mol. The molecule has 32 heavy (non-hydrogen) atoms. The van der Waals surface area contributed by atoms with Crippen LogP contribution in [0.25, 0.3) is 15.8 Å². The molecule has 1 saturated carbocycles. The molecule has 0 radical (unpaired) electrons. The van der Waals surface area contributed by atoms with Gasteiger partial charge in [0.1, 0.15) is 12.4 Å². The Morgan fingerprint density at radius 2 is 2.06 bits per heavy atom. The topological polar surface area (TPSA) is 52.6 Å². The van der Waals surface area contributed by atoms with Gasteiger partial charge >= 0.3 is 0 Å². The fourth-order valence-electron chi connectivity index (χ4n) is 3.83. The van der Waals surface area contributed by atoms with Crippen molar-refractivity contribution in [3.05, 3.63) is 58.8 Å². The second-order valence-corrected chi connectivity index (χ2v) is 9.00. The predicted octanol–water partition coefficient (Wildman–Crippen LogP) is 6.38. The summed E-state index contributed by atoms with van der Waals surface area (Å²) in [4.78, 5) is 6.04. The lowest BCUT2D eigenvalue weighted by molar-refractivity contribution is -0.0136. The van der Waals surface area contributed by atoms with Crippen molar-refractivity contribution in [1.82, 2.24) is 4.98 Å². The van der Waals surface area contributed by atoms with Crippen molar-refractivity contribution < 1.29 is 14.2 Å². The molecule has 6 heteroatoms. The van der Waals surface area contributed by atoms with Crippen molar-refractivity contribution in [3.8, 4) is 5.75 Å². The average molecular weight is 453 g/mol. The van der Waals surface area contributed by atoms with Crippen LogP contribution < -0.4 is 10.1 Å². The van der Waals surface area contributed by atoms with E-state index in [1.54, 1.807) is 24.4 Å². The Labute approximate surface area is 194 Å². The van der Waals surface area contributed by atoms with Crippen LogP contribution in [0.4, 0.5) is 5.69 Å². The first-order chi connectivity index (χ1) is 15.7. The zero-order chi connectivity index (χ0) is 22.3. The lowest BCUT2D eigenvalue weighted by Crippen LogP contribution is -2.33. The summed E-state index contributed by atoms with van der Waals surface area (Å²) in [6.07, 6.45) is 7.79. The molecule has 2 heterocycles. The van der Waals surface area contributed by atoms with Crippen molar-refractivity contribution in [2.24, 2.45) is 5.92 Å². The predicted molar refractivity (Wildman–Crippen MR) is 134 cm³/mol. The van der Waals surface area contributed by atoms with E-state index < -0.39 is 0 Å². The zero-order valence-corrected chi connectivity index (χ0v) is 20.0. The van der Waals surface area contributed by atoms with Gasteiger partial charge in [0.2, 0.25) is 0 Å². The summed E-state index contributed by atoms with van der Waals surface area (Å²) in [5.41, 5.74) is 5.81. The van der Waals surface area contributed by atoms with E-state index in [4.69, 9.17) is 19.2 Å². The third-order valence-electron chi connectivity index (χ3n) is 5.82. The summed E-state index contributed by atoms with van der Waals surface area (Å²) in [5.74, 6) is 1.32. The smallest absolute Gasteiger partial charge is 0.131 e. The second-order valence-electron chi connectivity index (χ2n) is 8.05. The van der Waals surface area contributed by atoms with Gasteiger partial charge in [-0.05, 0) is 56.7 Å². The minimum absolute atomic E-state index is 0.486. The van der Waals surface area contributed by atoms with Gasteiger partial charge in [0.25, 0.3) is 0 Å². The third kappa shape index (κ3) is 5.20. The van der Waals surface area contributed by atoms with E-state index in [-0.39, 0.29) is 0 Å². The first-order valence-corrected chi connectivity index (χ1v) is 12.2. The van der Waals surface area contributed by atoms with Gasteiger partial charge in [-0.2, -0.15) is 0 Å². The number of nitrogens with one attached hydrogen (secondary N) is 1. The molecule has 1 aliphatic carbocycles. The van der Waals surface area contributed by atoms with Crippen molar-refractivity contribution in [3.63, 3.8) is 0 Å². The van der Waals surface area contributed by atoms with Gasteiger partial charge in [-0.15, -0.1) is 0 Å². The summed E-state index contributed by atoms with van der Waals surface area (Å²) in [7, 11) is 1.69. The van der Waals surface area contributed by atoms with Crippen LogP contribution in [0.15, 0.2) is 53.1 Å². The van der Waals surface area contributed by atoms with Crippen LogP contribution in [0.5, 0.6) is 5.75 Å². The highest BCUT2D eigenvalue weighted by molar-refractivity contribution is 8.10. The van der Waals surface area contributed by atoms with Gasteiger partial charge in [0.15, 0.2) is 0 Å². The molecule has 1 aromatic heterocycles. The maximum atomic E-state index is 6.14. The second kappa shape index (κ2) is 11.0. The molecule has 4 rings (SSSR count). The van der Waals surface area contributed by atoms with Crippen LogP contribution in [-0.2, 0) is 9.47 Å². The maximum Gasteiger partial charge on any atom is 0.131 e. The van der Waals surface area contributed by atoms with Gasteiger partial charge in [0.05, 0.1) is 31.0 Å². The first-order valence-electron chi connectivity index (χ1n) is 11.3. The van der Waals surface area contributed by atoms with Crippen LogP contribution in [-0.4, -0.2) is 38.5 Å². The molecule has 0 spiro atoms. The van der Waals surface area contributed by atoms with E-state index in [0.717, 1.165) is 46.2 Å². The number of benzene rings is 1. The number of aromatic nitrogens is 1. The molecule has 1 N–H and O–H groups in total. The molecule has 5 nitrogen and oxygen atoms in total. The van der Waals surface area contributed by atoms with Crippen LogP contribution in [0.2, 0.25) is 0 Å². The Morgan fingerprint density at radius 3 is 2.69 bits per heavy atom. The fourth-order valence-corrected chi connectivity index (χ4v) is 4.47. The van der Waals surface area contributed by atoms with E-state index in [1.807, 2.05) is 26.0 Å². The molecule has 0 atom stereocenters. The molecule has 1 aliphatic heterocycles. The molecule has 1 aromatic carbocycles. The normalized spacial score (nSPS) is 16.8. The highest BCUT2D eigenvalue weighted by atomic mass is 32.2. The van der Waals surface area contributed by atoms with E-state index in [1.165, 1.54) is 25.0 Å². The number of thioether (sulfide) groups is 1. The summed E-state index contributed by atoms with van der Waals surface area (Å²) < 4.78 is 16.8. The number of hydrogen-bond acceptors (Lipinski definition) is 6. The average Bonchev–Trinajstić information content (AvgIpc) is 2.72. The highest BCUT2D eigenvalue weighted by Crippen LogP contribution is 2.37. The standard InChI is InChI=1S/C26H32N2O3S/c1-4-13-32-25(5-2)23-15-24(31-12-11-29-3)21-14-20(9-10-22(21)28-23)27-26(18-7-6-8-18)19-16-30-17-19/h4-5,9-10,13-15,19,27H,6-8,11-12,16-17H2,1-3H3/b13-4-,25-5-. The first kappa shape index (κ1) is 22.9. The Hall–Kier alpha value is -2.28. The number of nitrogens with zero attached hydrogens (tertiary/aromatic N) is 1. The van der Waals surface area contributed by atoms with Crippen LogP contribution >= 0.6 is 11.8 Å². The van der Waals surface area contributed by atoms with E-state index >= 15 is 0 Å². The molecule has 2 aliphatic rings. The minimum atomic E-state index is 0.486. The number of anilines is 1. The van der Waals surface area contributed by atoms with Gasteiger partial charge in [-0.25, -0.2) is 4.98 Å². The Balaban J connectivity index is 1.68. The molecular formula is C26H32N2O3S. The highest BCUT2D eigenvalue weighted by Gasteiger charge is 2.28. The number of allylic oxidation sites excluding steroid dienone is 3. The third-order valence-corrected chi connectivity index (χ3v) is 6.93. The Bertz CT molecular complexity index is 1030. The number of ether oxygens (including phenoxy) is 3. The van der Waals surface area contributed by atoms with Crippen molar-refractivity contribution >= 4 is 33.3 Å². The summed E-state index contributed by atoms with van der Waals surface area (Å²) in [6.45, 7) is 6.71. The largest absolute Gasteiger partial charge is 0.490 e. The van der Waals surface area contributed by atoms with E-state index in [9.17, 15) is 0 Å². The molecule has 1 saturated heterocycles. The van der Waals surface area contributed by atoms with Gasteiger partial charge < -0.3 is 19.5 Å². The lowest BCUT2D eigenvalue weighted by Gasteiger charge is -2.34. The molecule has 0 amide bonds. The summed E-state index contributed by atoms with van der Waals surface area (Å²) in [5, 5.41) is 6.79. The van der Waals surface area contributed by atoms with Gasteiger partial charge in [-0.1, -0.05) is 29.5 Å². The van der Waals surface area contributed by atoms with Crippen LogP contribution in [0.1, 0.15) is 38.8 Å². The van der Waals surface area contributed by atoms with E-state index in [0.29, 0.717) is 19.1 Å². The molecule has 2 fully saturated rings. The van der Waals surface area contributed by atoms with E-state index in [2.05, 4.69) is 35.0 Å². The molecule has 0 unspecified atom stereocenters. The fraction of sp³-hybridized carbons (Fsp3) is 0.423. The van der Waals surface area contributed by atoms with Gasteiger partial charge in [-0.3, -0.25) is 0 Å². The Kier molecular flexibility index (Phi) is 7.90. The number of rotatable bonds is 10. The SMILES string of the molecule is C/C=C\S/C(=C\C)c1cc(OCCOC)c2cc(NC(=C3CCC3)C3COC3)ccc2n1. The van der Waals surface area contributed by atoms with Crippen LogP contribution in [0, 0.1) is 5.92 Å². The van der Waals surface area contributed by atoms with Crippen molar-refractivity contribution in [1.29, 1.82) is 0 Å². The number of methoxy groups -OCH3 is 1. The number of pyridine rings is 1. The van der Waals surface area contributed by atoms with Crippen LogP contribution in [0.3, 0.4) is 0 Å². The number of fused-ring (bicyclic) bond motifs is 1. The lowest BCUT2D eigenvalue weighted by atomic mass is 9.85. The summed E-state index contributed by atoms with van der Waals surface area (Å²) >= 11 is 1.66. The molecule has 0 bridgehead atoms. The minimum Gasteiger partial charge on any atom is -0.490 e. The van der Waals surface area contributed by atoms with Crippen molar-refractivity contribution in [2.45, 2.75) is 33.1 Å². The zero-order valence-electron chi connectivity index (χ0n) is 19.1. The number of hydrogen-bond donors (Lipinski definition) is 1. The van der Waals surface area contributed by atoms with Gasteiger partial charge in [0, 0.05) is 40.8 Å². The maximum absolute atomic E-state index is 6.14. The molecule has 2 aromatic rings. The van der Waals surface area contributed by atoms with Crippen molar-refractivity contribution in [2.75, 3.05) is 38.9 Å². The quantitative estimate of drug-likeness (QED) is 0.422. The summed E-state index contributed by atoms with van der Waals surface area (Å²) in [6, 6.07) is 8.39. The molecular weight excluding hydrogens is 420 g/mol. The Morgan fingerprint density at radius 1 is 1.22 bits per heavy atom. The molecule has 170 valence electrons.